The quantitative estimate of drug-likeness (QED) is 0.778. The van der Waals surface area contributed by atoms with E-state index < -0.39 is 5.97 Å². The SMILES string of the molecule is C/C=C(C)/C=C/NC(=O)c1cccc(C(=O)O)c1.C=CC(=C)Cl. The van der Waals surface area contributed by atoms with Gasteiger partial charge < -0.3 is 10.4 Å². The molecule has 0 aliphatic carbocycles. The third kappa shape index (κ3) is 9.11. The van der Waals surface area contributed by atoms with Gasteiger partial charge in [-0.05, 0) is 38.1 Å². The molecule has 0 saturated carbocycles. The van der Waals surface area contributed by atoms with Gasteiger partial charge in [0, 0.05) is 16.8 Å². The molecule has 0 heterocycles. The first-order valence-corrected chi connectivity index (χ1v) is 7.10. The Kier molecular flexibility index (Phi) is 9.80. The zero-order valence-electron chi connectivity index (χ0n) is 13.2. The van der Waals surface area contributed by atoms with E-state index in [1.54, 1.807) is 18.2 Å². The normalized spacial score (nSPS) is 10.5. The number of nitrogens with one attached hydrogen (secondary N) is 1. The highest BCUT2D eigenvalue weighted by molar-refractivity contribution is 6.30. The van der Waals surface area contributed by atoms with Gasteiger partial charge in [0.15, 0.2) is 0 Å². The van der Waals surface area contributed by atoms with Crippen molar-refractivity contribution in [2.24, 2.45) is 0 Å². The van der Waals surface area contributed by atoms with E-state index in [2.05, 4.69) is 18.5 Å². The summed E-state index contributed by atoms with van der Waals surface area (Å²) in [6, 6.07) is 5.89. The van der Waals surface area contributed by atoms with E-state index in [-0.39, 0.29) is 11.5 Å². The van der Waals surface area contributed by atoms with Crippen molar-refractivity contribution in [1.82, 2.24) is 5.32 Å². The molecule has 1 rings (SSSR count). The number of carbonyl (C=O) groups excluding carboxylic acids is 1. The van der Waals surface area contributed by atoms with Gasteiger partial charge in [-0.2, -0.15) is 0 Å². The molecule has 1 amide bonds. The summed E-state index contributed by atoms with van der Waals surface area (Å²) < 4.78 is 0. The maximum absolute atomic E-state index is 11.7. The van der Waals surface area contributed by atoms with E-state index in [0.29, 0.717) is 10.6 Å². The molecule has 0 unspecified atom stereocenters. The average Bonchev–Trinajstić information content (AvgIpc) is 2.55. The van der Waals surface area contributed by atoms with Gasteiger partial charge in [-0.15, -0.1) is 0 Å². The first kappa shape index (κ1) is 20.4. The number of carboxylic acid groups (broad SMARTS) is 1. The maximum Gasteiger partial charge on any atom is 0.335 e. The van der Waals surface area contributed by atoms with E-state index in [1.165, 1.54) is 24.4 Å². The van der Waals surface area contributed by atoms with Crippen LogP contribution in [0.5, 0.6) is 0 Å². The molecule has 2 N–H and O–H groups in total. The number of allylic oxidation sites excluding steroid dienone is 5. The number of halogens is 1. The monoisotopic (exact) mass is 333 g/mol. The Labute approximate surface area is 141 Å². The summed E-state index contributed by atoms with van der Waals surface area (Å²) >= 11 is 5.15. The fourth-order valence-electron chi connectivity index (χ4n) is 1.22. The van der Waals surface area contributed by atoms with E-state index >= 15 is 0 Å². The zero-order chi connectivity index (χ0) is 17.8. The molecule has 0 aliphatic rings. The lowest BCUT2D eigenvalue weighted by atomic mass is 10.1. The van der Waals surface area contributed by atoms with Crippen molar-refractivity contribution >= 4 is 23.5 Å². The van der Waals surface area contributed by atoms with Crippen LogP contribution in [0, 0.1) is 0 Å². The van der Waals surface area contributed by atoms with E-state index in [9.17, 15) is 9.59 Å². The van der Waals surface area contributed by atoms with Gasteiger partial charge >= 0.3 is 5.97 Å². The van der Waals surface area contributed by atoms with Crippen molar-refractivity contribution in [3.05, 3.63) is 83.6 Å². The third-order valence-corrected chi connectivity index (χ3v) is 2.76. The van der Waals surface area contributed by atoms with Crippen molar-refractivity contribution in [2.45, 2.75) is 13.8 Å². The predicted molar refractivity (Wildman–Crippen MR) is 94.6 cm³/mol. The maximum atomic E-state index is 11.7. The number of carboxylic acids is 1. The first-order chi connectivity index (χ1) is 10.8. The molecule has 0 bridgehead atoms. The minimum Gasteiger partial charge on any atom is -0.478 e. The van der Waals surface area contributed by atoms with Gasteiger partial charge in [0.25, 0.3) is 5.91 Å². The molecule has 122 valence electrons. The van der Waals surface area contributed by atoms with Crippen LogP contribution in [0.3, 0.4) is 0 Å². The van der Waals surface area contributed by atoms with Crippen LogP contribution in [0.2, 0.25) is 0 Å². The molecule has 1 aromatic carbocycles. The van der Waals surface area contributed by atoms with E-state index in [1.807, 2.05) is 19.9 Å². The fourth-order valence-corrected chi connectivity index (χ4v) is 1.22. The Morgan fingerprint density at radius 1 is 1.30 bits per heavy atom. The first-order valence-electron chi connectivity index (χ1n) is 6.72. The minimum atomic E-state index is -1.05. The van der Waals surface area contributed by atoms with Crippen molar-refractivity contribution < 1.29 is 14.7 Å². The van der Waals surface area contributed by atoms with Crippen LogP contribution >= 0.6 is 11.6 Å². The van der Waals surface area contributed by atoms with Gasteiger partial charge in [-0.3, -0.25) is 4.79 Å². The number of carbonyl (C=O) groups is 2. The molecule has 0 atom stereocenters. The average molecular weight is 334 g/mol. The smallest absolute Gasteiger partial charge is 0.335 e. The Morgan fingerprint density at radius 2 is 1.87 bits per heavy atom. The van der Waals surface area contributed by atoms with E-state index in [4.69, 9.17) is 16.7 Å². The molecule has 0 aliphatic heterocycles. The summed E-state index contributed by atoms with van der Waals surface area (Å²) in [5, 5.41) is 11.9. The molecule has 0 radical (unpaired) electrons. The zero-order valence-corrected chi connectivity index (χ0v) is 13.9. The standard InChI is InChI=1S/C14H15NO3.C4H5Cl/c1-3-10(2)7-8-15-13(16)11-5-4-6-12(9-11)14(17)18;1-3-4(2)5/h3-9H,1-2H3,(H,15,16)(H,17,18);3H,1-2H2/b8-7+,10-3+;. The summed E-state index contributed by atoms with van der Waals surface area (Å²) in [6.45, 7) is 10.5. The van der Waals surface area contributed by atoms with Gasteiger partial charge in [0.1, 0.15) is 0 Å². The molecule has 4 nitrogen and oxygen atoms in total. The van der Waals surface area contributed by atoms with Gasteiger partial charge in [0.2, 0.25) is 0 Å². The highest BCUT2D eigenvalue weighted by Gasteiger charge is 2.07. The number of benzene rings is 1. The molecular weight excluding hydrogens is 314 g/mol. The van der Waals surface area contributed by atoms with Crippen LogP contribution < -0.4 is 5.32 Å². The van der Waals surface area contributed by atoms with Gasteiger partial charge in [-0.1, -0.05) is 48.6 Å². The Hall–Kier alpha value is -2.59. The highest BCUT2D eigenvalue weighted by Crippen LogP contribution is 2.05. The number of hydrogen-bond acceptors (Lipinski definition) is 2. The second-order valence-electron chi connectivity index (χ2n) is 4.38. The molecule has 0 fully saturated rings. The lowest BCUT2D eigenvalue weighted by Gasteiger charge is -2.01. The van der Waals surface area contributed by atoms with Crippen molar-refractivity contribution in [1.29, 1.82) is 0 Å². The van der Waals surface area contributed by atoms with Crippen LogP contribution in [0.25, 0.3) is 0 Å². The molecule has 0 spiro atoms. The number of hydrogen-bond donors (Lipinski definition) is 2. The minimum absolute atomic E-state index is 0.0938. The van der Waals surface area contributed by atoms with Gasteiger partial charge in [0.05, 0.1) is 5.56 Å². The number of rotatable bonds is 5. The largest absolute Gasteiger partial charge is 0.478 e. The third-order valence-electron chi connectivity index (χ3n) is 2.61. The Bertz CT molecular complexity index is 645. The van der Waals surface area contributed by atoms with Crippen molar-refractivity contribution in [2.75, 3.05) is 0 Å². The van der Waals surface area contributed by atoms with Crippen molar-refractivity contribution in [3.8, 4) is 0 Å². The summed E-state index contributed by atoms with van der Waals surface area (Å²) in [5.74, 6) is -1.39. The predicted octanol–water partition coefficient (Wildman–Crippen LogP) is 4.52. The van der Waals surface area contributed by atoms with Crippen LogP contribution in [0.4, 0.5) is 0 Å². The summed E-state index contributed by atoms with van der Waals surface area (Å²) in [7, 11) is 0. The number of amides is 1. The topological polar surface area (TPSA) is 66.4 Å². The summed E-state index contributed by atoms with van der Waals surface area (Å²) in [6.07, 6.45) is 6.69. The van der Waals surface area contributed by atoms with Crippen LogP contribution in [0.15, 0.2) is 72.5 Å². The fraction of sp³-hybridized carbons (Fsp3) is 0.111. The Morgan fingerprint density at radius 3 is 2.35 bits per heavy atom. The van der Waals surface area contributed by atoms with Gasteiger partial charge in [-0.25, -0.2) is 4.79 Å². The van der Waals surface area contributed by atoms with Crippen LogP contribution in [-0.4, -0.2) is 17.0 Å². The molecule has 5 heteroatoms. The number of aromatic carboxylic acids is 1. The highest BCUT2D eigenvalue weighted by atomic mass is 35.5. The molecule has 23 heavy (non-hydrogen) atoms. The Balaban J connectivity index is 0.000000841. The second-order valence-corrected chi connectivity index (χ2v) is 4.86. The lowest BCUT2D eigenvalue weighted by molar-refractivity contribution is 0.0697. The van der Waals surface area contributed by atoms with Crippen LogP contribution in [-0.2, 0) is 0 Å². The molecule has 0 saturated heterocycles. The summed E-state index contributed by atoms with van der Waals surface area (Å²) in [4.78, 5) is 22.5. The molecule has 0 aromatic heterocycles. The lowest BCUT2D eigenvalue weighted by Crippen LogP contribution is -2.17. The molecule has 1 aromatic rings. The summed E-state index contributed by atoms with van der Waals surface area (Å²) in [5.41, 5.74) is 1.43. The second kappa shape index (κ2) is 11.0. The van der Waals surface area contributed by atoms with E-state index in [0.717, 1.165) is 5.57 Å². The van der Waals surface area contributed by atoms with Crippen LogP contribution in [0.1, 0.15) is 34.6 Å². The molecular formula is C18H20ClNO3. The van der Waals surface area contributed by atoms with Crippen molar-refractivity contribution in [3.63, 3.8) is 0 Å².